The van der Waals surface area contributed by atoms with Crippen molar-refractivity contribution in [1.29, 1.82) is 0 Å². The van der Waals surface area contributed by atoms with Gasteiger partial charge in [-0.25, -0.2) is 14.2 Å². The third-order valence-corrected chi connectivity index (χ3v) is 1.84. The van der Waals surface area contributed by atoms with Crippen LogP contribution in [0.4, 0.5) is 17.6 Å². The molecule has 1 heterocycles. The van der Waals surface area contributed by atoms with E-state index in [0.29, 0.717) is 6.20 Å². The number of aromatic hydroxyl groups is 1. The van der Waals surface area contributed by atoms with Crippen molar-refractivity contribution in [1.82, 2.24) is 4.98 Å². The first kappa shape index (κ1) is 14.0. The number of methoxy groups -OCH3 is 1. The van der Waals surface area contributed by atoms with Crippen molar-refractivity contribution in [2.45, 2.75) is 13.0 Å². The molecule has 18 heavy (non-hydrogen) atoms. The average Bonchev–Trinajstić information content (AvgIpc) is 2.29. The Labute approximate surface area is 98.0 Å². The zero-order valence-corrected chi connectivity index (χ0v) is 8.92. The molecule has 5 nitrogen and oxygen atoms in total. The number of halogens is 4. The maximum atomic E-state index is 12.5. The van der Waals surface area contributed by atoms with Gasteiger partial charge in [0.1, 0.15) is 12.2 Å². The zero-order valence-electron chi connectivity index (χ0n) is 8.92. The number of rotatable bonds is 3. The number of esters is 1. The third kappa shape index (κ3) is 2.99. The van der Waals surface area contributed by atoms with Gasteiger partial charge in [0.2, 0.25) is 0 Å². The average molecular weight is 269 g/mol. The van der Waals surface area contributed by atoms with E-state index < -0.39 is 41.8 Å². The lowest BCUT2D eigenvalue weighted by atomic mass is 10.1. The molecule has 0 spiro atoms. The van der Waals surface area contributed by atoms with Gasteiger partial charge in [-0.15, -0.1) is 13.2 Å². The largest absolute Gasteiger partial charge is 0.574 e. The summed E-state index contributed by atoms with van der Waals surface area (Å²) in [4.78, 5) is 14.3. The first-order chi connectivity index (χ1) is 8.30. The van der Waals surface area contributed by atoms with Crippen molar-refractivity contribution in [3.63, 3.8) is 0 Å². The Morgan fingerprint density at radius 1 is 1.50 bits per heavy atom. The highest BCUT2D eigenvalue weighted by Gasteiger charge is 2.34. The van der Waals surface area contributed by atoms with Crippen molar-refractivity contribution in [2.75, 3.05) is 7.11 Å². The molecule has 9 heteroatoms. The summed E-state index contributed by atoms with van der Waals surface area (Å²) < 4.78 is 56.0. The van der Waals surface area contributed by atoms with Crippen LogP contribution < -0.4 is 4.74 Å². The summed E-state index contributed by atoms with van der Waals surface area (Å²) in [5.41, 5.74) is -1.16. The minimum absolute atomic E-state index is 0.408. The van der Waals surface area contributed by atoms with Crippen LogP contribution in [0.3, 0.4) is 0 Å². The number of ether oxygens (including phenoxy) is 2. The van der Waals surface area contributed by atoms with Gasteiger partial charge < -0.3 is 14.6 Å². The normalized spacial score (nSPS) is 11.2. The molecule has 0 aliphatic heterocycles. The van der Waals surface area contributed by atoms with Crippen LogP contribution in [0, 0.1) is 0 Å². The molecular formula is C9H7F4NO4. The van der Waals surface area contributed by atoms with Crippen LogP contribution in [0.2, 0.25) is 0 Å². The fourth-order valence-corrected chi connectivity index (χ4v) is 1.14. The number of pyridine rings is 1. The quantitative estimate of drug-likeness (QED) is 0.670. The molecule has 1 aromatic rings. The van der Waals surface area contributed by atoms with Crippen LogP contribution in [0.15, 0.2) is 6.20 Å². The van der Waals surface area contributed by atoms with Gasteiger partial charge in [0, 0.05) is 11.8 Å². The van der Waals surface area contributed by atoms with Gasteiger partial charge in [0.15, 0.2) is 5.75 Å². The lowest BCUT2D eigenvalue weighted by molar-refractivity contribution is -0.276. The van der Waals surface area contributed by atoms with Gasteiger partial charge in [-0.1, -0.05) is 0 Å². The summed E-state index contributed by atoms with van der Waals surface area (Å²) in [7, 11) is 0.925. The number of alkyl halides is 4. The summed E-state index contributed by atoms with van der Waals surface area (Å²) in [5.74, 6) is -3.68. The molecular weight excluding hydrogens is 262 g/mol. The zero-order chi connectivity index (χ0) is 13.9. The van der Waals surface area contributed by atoms with Gasteiger partial charge in [-0.2, -0.15) is 0 Å². The maximum absolute atomic E-state index is 12.5. The van der Waals surface area contributed by atoms with E-state index in [9.17, 15) is 27.5 Å². The third-order valence-electron chi connectivity index (χ3n) is 1.84. The van der Waals surface area contributed by atoms with Crippen LogP contribution in [0.25, 0.3) is 0 Å². The molecule has 0 aromatic carbocycles. The molecule has 1 rings (SSSR count). The number of nitrogens with zero attached hydrogens (tertiary/aromatic N) is 1. The minimum Gasteiger partial charge on any atom is -0.502 e. The van der Waals surface area contributed by atoms with Crippen LogP contribution in [-0.4, -0.2) is 29.5 Å². The van der Waals surface area contributed by atoms with Gasteiger partial charge in [0.05, 0.1) is 7.11 Å². The second-order valence-corrected chi connectivity index (χ2v) is 2.99. The minimum atomic E-state index is -5.10. The second-order valence-electron chi connectivity index (χ2n) is 2.99. The summed E-state index contributed by atoms with van der Waals surface area (Å²) in [6.07, 6.45) is -4.46. The van der Waals surface area contributed by atoms with Crippen LogP contribution >= 0.6 is 0 Å². The molecule has 1 aromatic heterocycles. The first-order valence-electron chi connectivity index (χ1n) is 4.41. The highest BCUT2D eigenvalue weighted by molar-refractivity contribution is 5.94. The molecule has 0 saturated carbocycles. The van der Waals surface area contributed by atoms with E-state index >= 15 is 0 Å². The van der Waals surface area contributed by atoms with Crippen molar-refractivity contribution < 1.29 is 36.9 Å². The first-order valence-corrected chi connectivity index (χ1v) is 4.41. The smallest absolute Gasteiger partial charge is 0.502 e. The number of aromatic nitrogens is 1. The highest BCUT2D eigenvalue weighted by Crippen LogP contribution is 2.34. The van der Waals surface area contributed by atoms with E-state index in [1.807, 2.05) is 0 Å². The molecule has 0 unspecified atom stereocenters. The van der Waals surface area contributed by atoms with Crippen LogP contribution in [0.1, 0.15) is 15.9 Å². The van der Waals surface area contributed by atoms with Crippen LogP contribution in [0.5, 0.6) is 11.6 Å². The van der Waals surface area contributed by atoms with E-state index in [1.165, 1.54) is 0 Å². The summed E-state index contributed by atoms with van der Waals surface area (Å²) in [6, 6.07) is 0. The molecule has 0 aliphatic carbocycles. The van der Waals surface area contributed by atoms with E-state index in [2.05, 4.69) is 14.5 Å². The van der Waals surface area contributed by atoms with E-state index in [0.717, 1.165) is 7.11 Å². The van der Waals surface area contributed by atoms with Gasteiger partial charge in [-0.05, 0) is 0 Å². The van der Waals surface area contributed by atoms with E-state index in [-0.39, 0.29) is 0 Å². The Hall–Kier alpha value is -2.06. The fourth-order valence-electron chi connectivity index (χ4n) is 1.14. The van der Waals surface area contributed by atoms with Crippen molar-refractivity contribution >= 4 is 5.97 Å². The van der Waals surface area contributed by atoms with Gasteiger partial charge >= 0.3 is 12.3 Å². The van der Waals surface area contributed by atoms with Crippen molar-refractivity contribution in [3.05, 3.63) is 17.3 Å². The number of carbonyl (C=O) groups is 1. The molecule has 100 valence electrons. The van der Waals surface area contributed by atoms with Gasteiger partial charge in [-0.3, -0.25) is 0 Å². The topological polar surface area (TPSA) is 68.7 Å². The Balaban J connectivity index is 3.30. The predicted octanol–water partition coefficient (Wildman–Crippen LogP) is 1.94. The molecule has 0 fully saturated rings. The summed E-state index contributed by atoms with van der Waals surface area (Å²) in [6.45, 7) is -1.21. The molecule has 0 saturated heterocycles. The molecule has 0 aliphatic rings. The van der Waals surface area contributed by atoms with Crippen molar-refractivity contribution in [2.24, 2.45) is 0 Å². The summed E-state index contributed by atoms with van der Waals surface area (Å²) >= 11 is 0. The lowest BCUT2D eigenvalue weighted by Crippen LogP contribution is -2.19. The predicted molar refractivity (Wildman–Crippen MR) is 48.7 cm³/mol. The molecule has 0 atom stereocenters. The Morgan fingerprint density at radius 3 is 2.56 bits per heavy atom. The Kier molecular flexibility index (Phi) is 3.94. The molecule has 1 N–H and O–H groups in total. The van der Waals surface area contributed by atoms with E-state index in [4.69, 9.17) is 0 Å². The molecule has 0 amide bonds. The fraction of sp³-hybridized carbons (Fsp3) is 0.333. The summed E-state index contributed by atoms with van der Waals surface area (Å²) in [5, 5.41) is 9.41. The lowest BCUT2D eigenvalue weighted by Gasteiger charge is -2.12. The Bertz CT molecular complexity index is 461. The number of hydrogen-bond donors (Lipinski definition) is 1. The van der Waals surface area contributed by atoms with E-state index in [1.54, 1.807) is 0 Å². The van der Waals surface area contributed by atoms with Crippen LogP contribution in [-0.2, 0) is 11.4 Å². The maximum Gasteiger partial charge on any atom is 0.574 e. The van der Waals surface area contributed by atoms with Gasteiger partial charge in [0.25, 0.3) is 5.88 Å². The monoisotopic (exact) mass is 269 g/mol. The number of hydrogen-bond acceptors (Lipinski definition) is 5. The SMILES string of the molecule is COC(=O)c1c(CF)cnc(OC(F)(F)F)c1O. The standard InChI is InChI=1S/C9H7F4NO4/c1-17-8(16)5-4(2-10)3-14-7(6(5)15)18-9(11,12)13/h3,15H,2H2,1H3. The molecule has 0 radical (unpaired) electrons. The second kappa shape index (κ2) is 5.07. The van der Waals surface area contributed by atoms with Crippen molar-refractivity contribution in [3.8, 4) is 11.6 Å². The molecule has 0 bridgehead atoms. The Morgan fingerprint density at radius 2 is 2.11 bits per heavy atom. The number of carbonyl (C=O) groups excluding carboxylic acids is 1. The highest BCUT2D eigenvalue weighted by atomic mass is 19.4.